The maximum Gasteiger partial charge on any atom is 0.137 e. The van der Waals surface area contributed by atoms with E-state index in [-0.39, 0.29) is 0 Å². The van der Waals surface area contributed by atoms with Crippen molar-refractivity contribution in [3.63, 3.8) is 0 Å². The van der Waals surface area contributed by atoms with Crippen molar-refractivity contribution in [2.24, 2.45) is 0 Å². The first-order valence-electron chi connectivity index (χ1n) is 6.90. The monoisotopic (exact) mass is 266 g/mol. The third-order valence-electron chi connectivity index (χ3n) is 3.60. The van der Waals surface area contributed by atoms with Crippen LogP contribution in [0.4, 0.5) is 0 Å². The van der Waals surface area contributed by atoms with Crippen LogP contribution in [0.1, 0.15) is 16.7 Å². The molecule has 0 atom stereocenters. The van der Waals surface area contributed by atoms with Gasteiger partial charge in [0.05, 0.1) is 12.9 Å². The zero-order valence-electron chi connectivity index (χ0n) is 11.8. The third-order valence-corrected chi connectivity index (χ3v) is 3.60. The first-order chi connectivity index (χ1) is 9.75. The van der Waals surface area contributed by atoms with Crippen molar-refractivity contribution in [1.29, 1.82) is 0 Å². The van der Waals surface area contributed by atoms with Gasteiger partial charge in [0.15, 0.2) is 0 Å². The Kier molecular flexibility index (Phi) is 3.46. The predicted octanol–water partition coefficient (Wildman–Crippen LogP) is 4.67. The Balaban J connectivity index is 1.72. The molecule has 0 aliphatic carbocycles. The molecule has 3 rings (SSSR count). The van der Waals surface area contributed by atoms with Crippen LogP contribution >= 0.6 is 0 Å². The number of para-hydroxylation sites is 2. The van der Waals surface area contributed by atoms with E-state index in [4.69, 9.17) is 9.15 Å². The molecule has 102 valence electrons. The van der Waals surface area contributed by atoms with Crippen molar-refractivity contribution in [2.45, 2.75) is 20.3 Å². The Labute approximate surface area is 119 Å². The summed E-state index contributed by atoms with van der Waals surface area (Å²) in [6.45, 7) is 4.79. The number of benzene rings is 2. The van der Waals surface area contributed by atoms with Gasteiger partial charge in [-0.15, -0.1) is 0 Å². The quantitative estimate of drug-likeness (QED) is 0.684. The van der Waals surface area contributed by atoms with E-state index >= 15 is 0 Å². The van der Waals surface area contributed by atoms with Crippen LogP contribution in [-0.2, 0) is 6.42 Å². The maximum absolute atomic E-state index is 5.85. The molecule has 0 aliphatic rings. The van der Waals surface area contributed by atoms with E-state index in [1.807, 2.05) is 24.5 Å². The summed E-state index contributed by atoms with van der Waals surface area (Å²) in [7, 11) is 0. The number of ether oxygens (including phenoxy) is 1. The summed E-state index contributed by atoms with van der Waals surface area (Å²) in [5, 5.41) is 1.19. The lowest BCUT2D eigenvalue weighted by Crippen LogP contribution is -2.01. The van der Waals surface area contributed by atoms with E-state index in [9.17, 15) is 0 Å². The Bertz CT molecular complexity index is 725. The van der Waals surface area contributed by atoms with Gasteiger partial charge in [-0.25, -0.2) is 0 Å². The van der Waals surface area contributed by atoms with Gasteiger partial charge >= 0.3 is 0 Å². The number of rotatable bonds is 4. The van der Waals surface area contributed by atoms with E-state index in [1.165, 1.54) is 22.1 Å². The van der Waals surface area contributed by atoms with Crippen molar-refractivity contribution < 1.29 is 9.15 Å². The first-order valence-corrected chi connectivity index (χ1v) is 6.90. The molecular formula is C18H18O2. The SMILES string of the molecule is Cc1ccccc1OCCc1coc2c(C)cccc12. The Morgan fingerprint density at radius 2 is 1.75 bits per heavy atom. The molecule has 0 saturated carbocycles. The molecule has 2 nitrogen and oxygen atoms in total. The number of fused-ring (bicyclic) bond motifs is 1. The number of hydrogen-bond acceptors (Lipinski definition) is 2. The molecule has 2 heteroatoms. The van der Waals surface area contributed by atoms with Gasteiger partial charge in [0.1, 0.15) is 11.3 Å². The maximum atomic E-state index is 5.85. The third kappa shape index (κ3) is 2.42. The molecule has 20 heavy (non-hydrogen) atoms. The van der Waals surface area contributed by atoms with Crippen molar-refractivity contribution in [3.05, 3.63) is 65.4 Å². The highest BCUT2D eigenvalue weighted by Gasteiger charge is 2.07. The summed E-state index contributed by atoms with van der Waals surface area (Å²) >= 11 is 0. The van der Waals surface area contributed by atoms with E-state index in [1.54, 1.807) is 0 Å². The fraction of sp³-hybridized carbons (Fsp3) is 0.222. The zero-order chi connectivity index (χ0) is 13.9. The molecule has 3 aromatic rings. The molecule has 0 saturated heterocycles. The van der Waals surface area contributed by atoms with Crippen LogP contribution in [0, 0.1) is 13.8 Å². The lowest BCUT2D eigenvalue weighted by atomic mass is 10.1. The van der Waals surface area contributed by atoms with Gasteiger partial charge in [-0.3, -0.25) is 0 Å². The van der Waals surface area contributed by atoms with Crippen LogP contribution in [-0.4, -0.2) is 6.61 Å². The van der Waals surface area contributed by atoms with Crippen molar-refractivity contribution in [1.82, 2.24) is 0 Å². The molecule has 1 aromatic heterocycles. The normalized spacial score (nSPS) is 10.9. The minimum absolute atomic E-state index is 0.660. The summed E-state index contributed by atoms with van der Waals surface area (Å²) in [5.41, 5.74) is 4.53. The number of furan rings is 1. The smallest absolute Gasteiger partial charge is 0.137 e. The topological polar surface area (TPSA) is 22.4 Å². The fourth-order valence-electron chi connectivity index (χ4n) is 2.44. The largest absolute Gasteiger partial charge is 0.493 e. The molecule has 0 fully saturated rings. The van der Waals surface area contributed by atoms with Crippen molar-refractivity contribution >= 4 is 11.0 Å². The highest BCUT2D eigenvalue weighted by atomic mass is 16.5. The molecular weight excluding hydrogens is 248 g/mol. The van der Waals surface area contributed by atoms with Gasteiger partial charge in [-0.2, -0.15) is 0 Å². The molecule has 0 N–H and O–H groups in total. The Morgan fingerprint density at radius 1 is 0.950 bits per heavy atom. The van der Waals surface area contributed by atoms with Crippen molar-refractivity contribution in [2.75, 3.05) is 6.61 Å². The highest BCUT2D eigenvalue weighted by molar-refractivity contribution is 5.83. The van der Waals surface area contributed by atoms with Gasteiger partial charge in [-0.05, 0) is 31.0 Å². The molecule has 0 aliphatic heterocycles. The van der Waals surface area contributed by atoms with E-state index in [0.717, 1.165) is 17.8 Å². The molecule has 2 aromatic carbocycles. The molecule has 1 heterocycles. The summed E-state index contributed by atoms with van der Waals surface area (Å²) < 4.78 is 11.5. The minimum Gasteiger partial charge on any atom is -0.493 e. The second-order valence-corrected chi connectivity index (χ2v) is 5.08. The molecule has 0 radical (unpaired) electrons. The standard InChI is InChI=1S/C18H18O2/c1-13-6-3-4-9-17(13)19-11-10-15-12-20-18-14(2)7-5-8-16(15)18/h3-9,12H,10-11H2,1-2H3. The van der Waals surface area contributed by atoms with E-state index < -0.39 is 0 Å². The summed E-state index contributed by atoms with van der Waals surface area (Å²) in [6.07, 6.45) is 2.70. The van der Waals surface area contributed by atoms with Gasteiger partial charge in [0, 0.05) is 17.4 Å². The van der Waals surface area contributed by atoms with Crippen LogP contribution in [0.15, 0.2) is 53.1 Å². The van der Waals surface area contributed by atoms with Crippen LogP contribution in [0.3, 0.4) is 0 Å². The Morgan fingerprint density at radius 3 is 2.60 bits per heavy atom. The lowest BCUT2D eigenvalue weighted by molar-refractivity contribution is 0.319. The average molecular weight is 266 g/mol. The highest BCUT2D eigenvalue weighted by Crippen LogP contribution is 2.25. The van der Waals surface area contributed by atoms with E-state index in [0.29, 0.717) is 6.61 Å². The molecule has 0 unspecified atom stereocenters. The van der Waals surface area contributed by atoms with Gasteiger partial charge < -0.3 is 9.15 Å². The molecule has 0 bridgehead atoms. The van der Waals surface area contributed by atoms with Gasteiger partial charge in [0.25, 0.3) is 0 Å². The number of aryl methyl sites for hydroxylation is 2. The van der Waals surface area contributed by atoms with Crippen molar-refractivity contribution in [3.8, 4) is 5.75 Å². The van der Waals surface area contributed by atoms with E-state index in [2.05, 4.69) is 38.1 Å². The van der Waals surface area contributed by atoms with Crippen LogP contribution < -0.4 is 4.74 Å². The first kappa shape index (κ1) is 12.8. The zero-order valence-corrected chi connectivity index (χ0v) is 11.8. The summed E-state index contributed by atoms with van der Waals surface area (Å²) in [4.78, 5) is 0. The molecule has 0 amide bonds. The summed E-state index contributed by atoms with van der Waals surface area (Å²) in [5.74, 6) is 0.955. The van der Waals surface area contributed by atoms with Gasteiger partial charge in [0.2, 0.25) is 0 Å². The van der Waals surface area contributed by atoms with Crippen LogP contribution in [0.2, 0.25) is 0 Å². The molecule has 0 spiro atoms. The lowest BCUT2D eigenvalue weighted by Gasteiger charge is -2.08. The van der Waals surface area contributed by atoms with Gasteiger partial charge in [-0.1, -0.05) is 36.4 Å². The van der Waals surface area contributed by atoms with Crippen LogP contribution in [0.25, 0.3) is 11.0 Å². The predicted molar refractivity (Wildman–Crippen MR) is 81.3 cm³/mol. The minimum atomic E-state index is 0.660. The second kappa shape index (κ2) is 5.41. The van der Waals surface area contributed by atoms with Crippen LogP contribution in [0.5, 0.6) is 5.75 Å². The number of hydrogen-bond donors (Lipinski definition) is 0. The fourth-order valence-corrected chi connectivity index (χ4v) is 2.44. The second-order valence-electron chi connectivity index (χ2n) is 5.08. The summed E-state index contributed by atoms with van der Waals surface area (Å²) in [6, 6.07) is 14.3. The average Bonchev–Trinajstić information content (AvgIpc) is 2.86. The Hall–Kier alpha value is -2.22.